The maximum atomic E-state index is 12.6. The number of rotatable bonds is 7. The summed E-state index contributed by atoms with van der Waals surface area (Å²) in [6.45, 7) is 2.61. The fourth-order valence-electron chi connectivity index (χ4n) is 3.76. The lowest BCUT2D eigenvalue weighted by molar-refractivity contribution is -0.117. The van der Waals surface area contributed by atoms with Gasteiger partial charge in [-0.3, -0.25) is 4.79 Å². The summed E-state index contributed by atoms with van der Waals surface area (Å²) in [5.41, 5.74) is 2.79. The molecule has 8 nitrogen and oxygen atoms in total. The highest BCUT2D eigenvalue weighted by Gasteiger charge is 2.35. The third-order valence-electron chi connectivity index (χ3n) is 5.50. The SMILES string of the molecule is CCc1ccc(N2CC(c3nc(-c4cc(OC)c(OC)c(OC)c4)no3)CC2=O)cc1. The highest BCUT2D eigenvalue weighted by atomic mass is 16.5. The fraction of sp³-hybridized carbons (Fsp3) is 0.348. The minimum atomic E-state index is -0.165. The molecular weight excluding hydrogens is 398 g/mol. The van der Waals surface area contributed by atoms with E-state index < -0.39 is 0 Å². The number of hydrogen-bond acceptors (Lipinski definition) is 7. The van der Waals surface area contributed by atoms with Gasteiger partial charge in [-0.05, 0) is 36.2 Å². The van der Waals surface area contributed by atoms with Gasteiger partial charge in [-0.2, -0.15) is 4.98 Å². The number of aromatic nitrogens is 2. The van der Waals surface area contributed by atoms with Crippen LogP contribution in [-0.4, -0.2) is 43.9 Å². The summed E-state index contributed by atoms with van der Waals surface area (Å²) >= 11 is 0. The first kappa shape index (κ1) is 20.7. The van der Waals surface area contributed by atoms with Gasteiger partial charge in [-0.15, -0.1) is 0 Å². The molecule has 1 aromatic heterocycles. The number of carbonyl (C=O) groups excluding carboxylic acids is 1. The monoisotopic (exact) mass is 423 g/mol. The third kappa shape index (κ3) is 3.93. The van der Waals surface area contributed by atoms with E-state index in [0.29, 0.717) is 47.5 Å². The topological polar surface area (TPSA) is 86.9 Å². The Morgan fingerprint density at radius 3 is 2.32 bits per heavy atom. The smallest absolute Gasteiger partial charge is 0.232 e. The zero-order chi connectivity index (χ0) is 22.0. The van der Waals surface area contributed by atoms with Crippen LogP contribution in [0, 0.1) is 0 Å². The van der Waals surface area contributed by atoms with Crippen LogP contribution in [0.1, 0.15) is 30.7 Å². The van der Waals surface area contributed by atoms with Gasteiger partial charge in [0.25, 0.3) is 0 Å². The lowest BCUT2D eigenvalue weighted by Gasteiger charge is -2.16. The minimum Gasteiger partial charge on any atom is -0.493 e. The molecule has 3 aromatic rings. The second-order valence-corrected chi connectivity index (χ2v) is 7.30. The number of amides is 1. The predicted molar refractivity (Wildman–Crippen MR) is 115 cm³/mol. The van der Waals surface area contributed by atoms with Gasteiger partial charge in [0.1, 0.15) is 0 Å². The summed E-state index contributed by atoms with van der Waals surface area (Å²) < 4.78 is 21.7. The lowest BCUT2D eigenvalue weighted by Crippen LogP contribution is -2.24. The molecule has 2 aromatic carbocycles. The van der Waals surface area contributed by atoms with E-state index >= 15 is 0 Å². The van der Waals surface area contributed by atoms with Crippen LogP contribution in [0.5, 0.6) is 17.2 Å². The van der Waals surface area contributed by atoms with Crippen LogP contribution >= 0.6 is 0 Å². The van der Waals surface area contributed by atoms with Crippen LogP contribution in [0.3, 0.4) is 0 Å². The van der Waals surface area contributed by atoms with Crippen LogP contribution in [-0.2, 0) is 11.2 Å². The molecule has 0 saturated carbocycles. The predicted octanol–water partition coefficient (Wildman–Crippen LogP) is 3.85. The first-order valence-corrected chi connectivity index (χ1v) is 10.1. The van der Waals surface area contributed by atoms with Gasteiger partial charge in [0, 0.05) is 24.2 Å². The molecule has 1 aliphatic rings. The zero-order valence-corrected chi connectivity index (χ0v) is 18.0. The lowest BCUT2D eigenvalue weighted by atomic mass is 10.1. The van der Waals surface area contributed by atoms with E-state index in [1.807, 2.05) is 24.3 Å². The van der Waals surface area contributed by atoms with Crippen molar-refractivity contribution < 1.29 is 23.5 Å². The molecule has 0 bridgehead atoms. The van der Waals surface area contributed by atoms with Gasteiger partial charge >= 0.3 is 0 Å². The second-order valence-electron chi connectivity index (χ2n) is 7.30. The average Bonchev–Trinajstić information content (AvgIpc) is 3.45. The van der Waals surface area contributed by atoms with Crippen molar-refractivity contribution in [2.75, 3.05) is 32.8 Å². The van der Waals surface area contributed by atoms with Crippen LogP contribution in [0.15, 0.2) is 40.9 Å². The van der Waals surface area contributed by atoms with Gasteiger partial charge in [-0.25, -0.2) is 0 Å². The molecule has 1 unspecified atom stereocenters. The number of carbonyl (C=O) groups is 1. The number of ether oxygens (including phenoxy) is 3. The standard InChI is InChI=1S/C23H25N3O5/c1-5-14-6-8-17(9-7-14)26-13-16(12-20(26)27)23-24-22(25-31-23)15-10-18(28-2)21(30-4)19(11-15)29-3/h6-11,16H,5,12-13H2,1-4H3. The zero-order valence-electron chi connectivity index (χ0n) is 18.0. The normalized spacial score (nSPS) is 15.9. The van der Waals surface area contributed by atoms with Crippen molar-refractivity contribution in [2.45, 2.75) is 25.7 Å². The van der Waals surface area contributed by atoms with E-state index in [1.165, 1.54) is 5.56 Å². The Morgan fingerprint density at radius 2 is 1.74 bits per heavy atom. The Morgan fingerprint density at radius 1 is 1.06 bits per heavy atom. The number of nitrogens with zero attached hydrogens (tertiary/aromatic N) is 3. The Balaban J connectivity index is 1.57. The Bertz CT molecular complexity index is 1050. The molecule has 162 valence electrons. The van der Waals surface area contributed by atoms with E-state index in [2.05, 4.69) is 17.1 Å². The van der Waals surface area contributed by atoms with Gasteiger partial charge in [0.2, 0.25) is 23.4 Å². The number of methoxy groups -OCH3 is 3. The van der Waals surface area contributed by atoms with Crippen molar-refractivity contribution >= 4 is 11.6 Å². The quantitative estimate of drug-likeness (QED) is 0.570. The largest absolute Gasteiger partial charge is 0.493 e. The van der Waals surface area contributed by atoms with Gasteiger partial charge in [0.15, 0.2) is 11.5 Å². The molecule has 1 saturated heterocycles. The van der Waals surface area contributed by atoms with Crippen molar-refractivity contribution in [2.24, 2.45) is 0 Å². The number of anilines is 1. The molecule has 2 heterocycles. The molecule has 1 atom stereocenters. The average molecular weight is 423 g/mol. The number of aryl methyl sites for hydroxylation is 1. The van der Waals surface area contributed by atoms with Crippen molar-refractivity contribution in [1.29, 1.82) is 0 Å². The van der Waals surface area contributed by atoms with Crippen molar-refractivity contribution in [1.82, 2.24) is 10.1 Å². The molecule has 8 heteroatoms. The summed E-state index contributed by atoms with van der Waals surface area (Å²) in [5, 5.41) is 4.11. The minimum absolute atomic E-state index is 0.0433. The summed E-state index contributed by atoms with van der Waals surface area (Å²) in [6.07, 6.45) is 1.29. The molecule has 0 N–H and O–H groups in total. The highest BCUT2D eigenvalue weighted by molar-refractivity contribution is 5.96. The van der Waals surface area contributed by atoms with Crippen molar-refractivity contribution in [3.63, 3.8) is 0 Å². The highest BCUT2D eigenvalue weighted by Crippen LogP contribution is 2.41. The Labute approximate surface area is 180 Å². The molecule has 1 aliphatic heterocycles. The van der Waals surface area contributed by atoms with Crippen molar-refractivity contribution in [3.05, 3.63) is 47.9 Å². The third-order valence-corrected chi connectivity index (χ3v) is 5.50. The molecule has 0 radical (unpaired) electrons. The summed E-state index contributed by atoms with van der Waals surface area (Å²) in [7, 11) is 4.65. The van der Waals surface area contributed by atoms with Crippen molar-refractivity contribution in [3.8, 4) is 28.6 Å². The van der Waals surface area contributed by atoms with Gasteiger partial charge in [-0.1, -0.05) is 24.2 Å². The summed E-state index contributed by atoms with van der Waals surface area (Å²) in [5.74, 6) is 2.20. The Kier molecular flexibility index (Phi) is 5.79. The summed E-state index contributed by atoms with van der Waals surface area (Å²) in [6, 6.07) is 11.6. The first-order chi connectivity index (χ1) is 15.1. The van der Waals surface area contributed by atoms with Crippen LogP contribution < -0.4 is 19.1 Å². The van der Waals surface area contributed by atoms with Crippen LogP contribution in [0.4, 0.5) is 5.69 Å². The molecule has 1 amide bonds. The molecule has 0 aliphatic carbocycles. The molecule has 0 spiro atoms. The first-order valence-electron chi connectivity index (χ1n) is 10.1. The van der Waals surface area contributed by atoms with E-state index in [9.17, 15) is 4.79 Å². The molecule has 4 rings (SSSR count). The summed E-state index contributed by atoms with van der Waals surface area (Å²) in [4.78, 5) is 18.9. The van der Waals surface area contributed by atoms with E-state index in [1.54, 1.807) is 38.4 Å². The van der Waals surface area contributed by atoms with Gasteiger partial charge < -0.3 is 23.6 Å². The van der Waals surface area contributed by atoms with Crippen LogP contribution in [0.25, 0.3) is 11.4 Å². The fourth-order valence-corrected chi connectivity index (χ4v) is 3.76. The maximum absolute atomic E-state index is 12.6. The van der Waals surface area contributed by atoms with Crippen LogP contribution in [0.2, 0.25) is 0 Å². The number of hydrogen-bond donors (Lipinski definition) is 0. The van der Waals surface area contributed by atoms with E-state index in [-0.39, 0.29) is 11.8 Å². The molecular formula is C23H25N3O5. The Hall–Kier alpha value is -3.55. The number of benzene rings is 2. The van der Waals surface area contributed by atoms with E-state index in [4.69, 9.17) is 18.7 Å². The molecule has 1 fully saturated rings. The van der Waals surface area contributed by atoms with Gasteiger partial charge in [0.05, 0.1) is 27.2 Å². The maximum Gasteiger partial charge on any atom is 0.232 e. The second kappa shape index (κ2) is 8.67. The van der Waals surface area contributed by atoms with E-state index in [0.717, 1.165) is 12.1 Å². The molecule has 31 heavy (non-hydrogen) atoms.